The topological polar surface area (TPSA) is 66.8 Å². The van der Waals surface area contributed by atoms with Crippen molar-refractivity contribution in [2.45, 2.75) is 25.6 Å². The molecule has 24 heavy (non-hydrogen) atoms. The highest BCUT2D eigenvalue weighted by Crippen LogP contribution is 2.35. The number of nitrogens with zero attached hydrogens (tertiary/aromatic N) is 1. The smallest absolute Gasteiger partial charge is 0.233 e. The number of hydrogen-bond donors (Lipinski definition) is 1. The van der Waals surface area contributed by atoms with Gasteiger partial charge in [-0.25, -0.2) is 0 Å². The predicted octanol–water partition coefficient (Wildman–Crippen LogP) is 2.17. The predicted molar refractivity (Wildman–Crippen MR) is 89.2 cm³/mol. The molecule has 1 N–H and O–H groups in total. The number of aliphatic hydroxyl groups is 1. The minimum Gasteiger partial charge on any atom is -0.389 e. The molecule has 128 valence electrons. The molecular formula is C18H20ClNO4. The Kier molecular flexibility index (Phi) is 5.33. The van der Waals surface area contributed by atoms with Crippen molar-refractivity contribution in [1.29, 1.82) is 0 Å². The lowest BCUT2D eigenvalue weighted by molar-refractivity contribution is -0.142. The highest BCUT2D eigenvalue weighted by atomic mass is 35.5. The number of carbonyl (C=O) groups is 2. The summed E-state index contributed by atoms with van der Waals surface area (Å²) in [5, 5.41) is 10.7. The van der Waals surface area contributed by atoms with Gasteiger partial charge >= 0.3 is 0 Å². The number of ether oxygens (including phenoxy) is 1. The fraction of sp³-hybridized carbons (Fsp3) is 0.444. The van der Waals surface area contributed by atoms with Gasteiger partial charge in [0, 0.05) is 5.02 Å². The van der Waals surface area contributed by atoms with Crippen molar-refractivity contribution >= 4 is 23.4 Å². The number of carbonyl (C=O) groups excluding carboxylic acids is 2. The van der Waals surface area contributed by atoms with Gasteiger partial charge in [0.15, 0.2) is 0 Å². The minimum absolute atomic E-state index is 0.00865. The number of allylic oxidation sites excluding steroid dienone is 2. The fourth-order valence-corrected chi connectivity index (χ4v) is 3.33. The molecule has 1 aliphatic heterocycles. The number of rotatable bonds is 6. The number of β-amino-alcohol motifs (C(OH)–C–C–N with tert-alkyl or cyclic N) is 1. The molecule has 1 heterocycles. The molecule has 0 unspecified atom stereocenters. The Morgan fingerprint density at radius 1 is 1.12 bits per heavy atom. The Labute approximate surface area is 145 Å². The zero-order valence-corrected chi connectivity index (χ0v) is 14.0. The van der Waals surface area contributed by atoms with Crippen molar-refractivity contribution in [2.75, 3.05) is 13.2 Å². The first-order valence-electron chi connectivity index (χ1n) is 8.06. The second-order valence-corrected chi connectivity index (χ2v) is 6.67. The first-order chi connectivity index (χ1) is 11.6. The maximum absolute atomic E-state index is 12.3. The zero-order valence-electron chi connectivity index (χ0n) is 13.2. The van der Waals surface area contributed by atoms with Gasteiger partial charge in [0.05, 0.1) is 37.7 Å². The van der Waals surface area contributed by atoms with Crippen LogP contribution >= 0.6 is 11.6 Å². The third kappa shape index (κ3) is 3.69. The van der Waals surface area contributed by atoms with Crippen LogP contribution in [-0.2, 0) is 20.9 Å². The average Bonchev–Trinajstić information content (AvgIpc) is 2.82. The number of halogens is 1. The van der Waals surface area contributed by atoms with Crippen molar-refractivity contribution in [3.05, 3.63) is 47.0 Å². The van der Waals surface area contributed by atoms with Gasteiger partial charge in [0.1, 0.15) is 0 Å². The number of hydrogen-bond acceptors (Lipinski definition) is 4. The lowest BCUT2D eigenvalue weighted by Crippen LogP contribution is -2.39. The molecule has 2 aliphatic rings. The fourth-order valence-electron chi connectivity index (χ4n) is 3.21. The number of benzene rings is 1. The molecule has 2 amide bonds. The molecule has 1 aromatic carbocycles. The van der Waals surface area contributed by atoms with E-state index in [2.05, 4.69) is 0 Å². The summed E-state index contributed by atoms with van der Waals surface area (Å²) in [5.41, 5.74) is 0.942. The third-order valence-corrected chi connectivity index (χ3v) is 4.74. The van der Waals surface area contributed by atoms with Gasteiger partial charge in [-0.1, -0.05) is 35.9 Å². The van der Waals surface area contributed by atoms with Crippen LogP contribution in [0.2, 0.25) is 5.02 Å². The van der Waals surface area contributed by atoms with Crippen molar-refractivity contribution in [3.63, 3.8) is 0 Å². The molecule has 0 spiro atoms. The van der Waals surface area contributed by atoms with Crippen molar-refractivity contribution < 1.29 is 19.4 Å². The lowest BCUT2D eigenvalue weighted by Gasteiger charge is -2.19. The van der Waals surface area contributed by atoms with Crippen LogP contribution in [0.1, 0.15) is 18.4 Å². The summed E-state index contributed by atoms with van der Waals surface area (Å²) in [5.74, 6) is -0.869. The Bertz CT molecular complexity index is 617. The molecule has 1 aliphatic carbocycles. The number of fused-ring (bicyclic) bond motifs is 1. The Morgan fingerprint density at radius 2 is 1.71 bits per heavy atom. The van der Waals surface area contributed by atoms with Crippen LogP contribution < -0.4 is 0 Å². The first-order valence-corrected chi connectivity index (χ1v) is 8.44. The molecule has 0 radical (unpaired) electrons. The van der Waals surface area contributed by atoms with Gasteiger partial charge in [-0.3, -0.25) is 14.5 Å². The number of aliphatic hydroxyl groups excluding tert-OH is 1. The number of likely N-dealkylation sites (tertiary alicyclic amines) is 1. The lowest BCUT2D eigenvalue weighted by atomic mass is 9.85. The molecular weight excluding hydrogens is 330 g/mol. The van der Waals surface area contributed by atoms with Gasteiger partial charge in [0.25, 0.3) is 0 Å². The molecule has 1 fully saturated rings. The Balaban J connectivity index is 1.48. The normalized spacial score (nSPS) is 24.3. The van der Waals surface area contributed by atoms with E-state index in [0.717, 1.165) is 5.56 Å². The van der Waals surface area contributed by atoms with E-state index < -0.39 is 6.10 Å². The molecule has 0 aromatic heterocycles. The summed E-state index contributed by atoms with van der Waals surface area (Å²) in [4.78, 5) is 25.8. The summed E-state index contributed by atoms with van der Waals surface area (Å²) in [6.07, 6.45) is 4.21. The van der Waals surface area contributed by atoms with Gasteiger partial charge in [0.2, 0.25) is 11.8 Å². The van der Waals surface area contributed by atoms with Gasteiger partial charge in [-0.15, -0.1) is 0 Å². The zero-order chi connectivity index (χ0) is 17.1. The highest BCUT2D eigenvalue weighted by Gasteiger charge is 2.47. The van der Waals surface area contributed by atoms with Crippen LogP contribution in [0.5, 0.6) is 0 Å². The van der Waals surface area contributed by atoms with Crippen LogP contribution in [-0.4, -0.2) is 41.1 Å². The third-order valence-electron chi connectivity index (χ3n) is 4.48. The van der Waals surface area contributed by atoms with Crippen LogP contribution in [0.25, 0.3) is 0 Å². The van der Waals surface area contributed by atoms with Crippen LogP contribution in [0.3, 0.4) is 0 Å². The van der Waals surface area contributed by atoms with E-state index in [4.69, 9.17) is 16.3 Å². The van der Waals surface area contributed by atoms with Crippen molar-refractivity contribution in [1.82, 2.24) is 4.90 Å². The summed E-state index contributed by atoms with van der Waals surface area (Å²) in [7, 11) is 0. The molecule has 1 aromatic rings. The Morgan fingerprint density at radius 3 is 2.29 bits per heavy atom. The molecule has 0 bridgehead atoms. The maximum Gasteiger partial charge on any atom is 0.233 e. The number of imide groups is 1. The second-order valence-electron chi connectivity index (χ2n) is 6.24. The Hall–Kier alpha value is -1.69. The second kappa shape index (κ2) is 7.47. The van der Waals surface area contributed by atoms with Crippen molar-refractivity contribution in [3.8, 4) is 0 Å². The van der Waals surface area contributed by atoms with Gasteiger partial charge < -0.3 is 9.84 Å². The summed E-state index contributed by atoms with van der Waals surface area (Å²) >= 11 is 5.82. The van der Waals surface area contributed by atoms with Crippen LogP contribution in [0, 0.1) is 11.8 Å². The molecule has 0 saturated carbocycles. The average molecular weight is 350 g/mol. The minimum atomic E-state index is -0.890. The molecule has 3 atom stereocenters. The SMILES string of the molecule is O=C1[C@@H]2CC=CC[C@H]2C(=O)N1C[C@H](O)COCc1ccc(Cl)cc1. The molecule has 1 saturated heterocycles. The summed E-state index contributed by atoms with van der Waals surface area (Å²) < 4.78 is 5.47. The van der Waals surface area contributed by atoms with E-state index in [1.165, 1.54) is 4.90 Å². The monoisotopic (exact) mass is 349 g/mol. The van der Waals surface area contributed by atoms with Crippen molar-refractivity contribution in [2.24, 2.45) is 11.8 Å². The van der Waals surface area contributed by atoms with E-state index in [1.807, 2.05) is 24.3 Å². The molecule has 3 rings (SSSR count). The van der Waals surface area contributed by atoms with Crippen LogP contribution in [0.15, 0.2) is 36.4 Å². The summed E-state index contributed by atoms with van der Waals surface area (Å²) in [6, 6.07) is 7.24. The largest absolute Gasteiger partial charge is 0.389 e. The molecule has 5 nitrogen and oxygen atoms in total. The standard InChI is InChI=1S/C18H20ClNO4/c19-13-7-5-12(6-8-13)10-24-11-14(21)9-20-17(22)15-3-1-2-4-16(15)18(20)23/h1-2,5-8,14-16,21H,3-4,9-11H2/t14-,15+,16+/m0/s1. The number of amides is 2. The van der Waals surface area contributed by atoms with E-state index in [-0.39, 0.29) is 36.8 Å². The van der Waals surface area contributed by atoms with E-state index >= 15 is 0 Å². The highest BCUT2D eigenvalue weighted by molar-refractivity contribution is 6.30. The maximum atomic E-state index is 12.3. The van der Waals surface area contributed by atoms with E-state index in [0.29, 0.717) is 24.5 Å². The first kappa shape index (κ1) is 17.1. The van der Waals surface area contributed by atoms with Gasteiger partial charge in [-0.05, 0) is 30.5 Å². The molecule has 6 heteroatoms. The summed E-state index contributed by atoms with van der Waals surface area (Å²) in [6.45, 7) is 0.393. The quantitative estimate of drug-likeness (QED) is 0.631. The van der Waals surface area contributed by atoms with E-state index in [9.17, 15) is 14.7 Å². The van der Waals surface area contributed by atoms with Crippen LogP contribution in [0.4, 0.5) is 0 Å². The van der Waals surface area contributed by atoms with E-state index in [1.54, 1.807) is 12.1 Å². The van der Waals surface area contributed by atoms with Gasteiger partial charge in [-0.2, -0.15) is 0 Å².